The molecule has 0 unspecified atom stereocenters. The monoisotopic (exact) mass is 370 g/mol. The lowest BCUT2D eigenvalue weighted by Gasteiger charge is -2.40. The van der Waals surface area contributed by atoms with Gasteiger partial charge in [0.25, 0.3) is 0 Å². The van der Waals surface area contributed by atoms with Gasteiger partial charge >= 0.3 is 5.97 Å². The van der Waals surface area contributed by atoms with Crippen molar-refractivity contribution in [2.75, 3.05) is 6.26 Å². The highest BCUT2D eigenvalue weighted by molar-refractivity contribution is 7.99. The van der Waals surface area contributed by atoms with Gasteiger partial charge in [-0.05, 0) is 49.1 Å². The summed E-state index contributed by atoms with van der Waals surface area (Å²) in [5.74, 6) is -0.792. The predicted molar refractivity (Wildman–Crippen MR) is 95.5 cm³/mol. The van der Waals surface area contributed by atoms with Gasteiger partial charge in [0, 0.05) is 6.42 Å². The van der Waals surface area contributed by atoms with Crippen molar-refractivity contribution in [1.29, 1.82) is 0 Å². The Bertz CT molecular complexity index is 591. The molecule has 1 aliphatic rings. The number of carbonyl (C=O) groups is 1. The number of aliphatic carboxylic acids is 1. The Balaban J connectivity index is 2.13. The minimum atomic E-state index is -1.27. The minimum Gasteiger partial charge on any atom is -0.481 e. The first-order valence-electron chi connectivity index (χ1n) is 8.38. The number of aliphatic hydroxyl groups is 3. The SMILES string of the molecule is CS[C@H]1O[C@@H](c2ccc(C)c(CCCCC(=O)O)c2)[C@H](O)[C@@H](O)[C@@H]1O. The second-order valence-corrected chi connectivity index (χ2v) is 7.36. The first-order chi connectivity index (χ1) is 11.8. The number of hydrogen-bond donors (Lipinski definition) is 4. The van der Waals surface area contributed by atoms with Gasteiger partial charge in [-0.15, -0.1) is 11.8 Å². The highest BCUT2D eigenvalue weighted by Crippen LogP contribution is 2.36. The van der Waals surface area contributed by atoms with E-state index in [1.54, 1.807) is 6.26 Å². The van der Waals surface area contributed by atoms with Crippen LogP contribution in [0, 0.1) is 6.92 Å². The van der Waals surface area contributed by atoms with Crippen molar-refractivity contribution in [3.8, 4) is 0 Å². The smallest absolute Gasteiger partial charge is 0.303 e. The van der Waals surface area contributed by atoms with E-state index in [0.717, 1.165) is 29.5 Å². The number of ether oxygens (including phenoxy) is 1. The van der Waals surface area contributed by atoms with Gasteiger partial charge in [0.15, 0.2) is 0 Å². The molecule has 25 heavy (non-hydrogen) atoms. The molecule has 1 heterocycles. The molecule has 140 valence electrons. The molecule has 0 bridgehead atoms. The average molecular weight is 370 g/mol. The molecule has 1 saturated heterocycles. The molecule has 4 N–H and O–H groups in total. The molecule has 1 fully saturated rings. The maximum Gasteiger partial charge on any atom is 0.303 e. The zero-order valence-electron chi connectivity index (χ0n) is 14.5. The number of carboxylic acid groups (broad SMARTS) is 1. The van der Waals surface area contributed by atoms with E-state index < -0.39 is 35.8 Å². The van der Waals surface area contributed by atoms with Crippen LogP contribution in [0.4, 0.5) is 0 Å². The van der Waals surface area contributed by atoms with Gasteiger partial charge in [-0.3, -0.25) is 4.79 Å². The Hall–Kier alpha value is -1.12. The van der Waals surface area contributed by atoms with Crippen molar-refractivity contribution in [3.63, 3.8) is 0 Å². The zero-order valence-corrected chi connectivity index (χ0v) is 15.3. The van der Waals surface area contributed by atoms with Gasteiger partial charge in [0.2, 0.25) is 0 Å². The van der Waals surface area contributed by atoms with Gasteiger partial charge in [-0.2, -0.15) is 0 Å². The van der Waals surface area contributed by atoms with Crippen LogP contribution in [0.2, 0.25) is 0 Å². The highest BCUT2D eigenvalue weighted by Gasteiger charge is 2.43. The first kappa shape index (κ1) is 20.2. The third-order valence-electron chi connectivity index (χ3n) is 4.59. The van der Waals surface area contributed by atoms with Crippen LogP contribution in [-0.4, -0.2) is 56.4 Å². The largest absolute Gasteiger partial charge is 0.481 e. The van der Waals surface area contributed by atoms with Crippen LogP contribution < -0.4 is 0 Å². The van der Waals surface area contributed by atoms with E-state index in [0.29, 0.717) is 6.42 Å². The van der Waals surface area contributed by atoms with Gasteiger partial charge in [-0.25, -0.2) is 0 Å². The van der Waals surface area contributed by atoms with Crippen molar-refractivity contribution < 1.29 is 30.0 Å². The van der Waals surface area contributed by atoms with Crippen molar-refractivity contribution in [1.82, 2.24) is 0 Å². The van der Waals surface area contributed by atoms with E-state index in [2.05, 4.69) is 0 Å². The predicted octanol–water partition coefficient (Wildman–Crippen LogP) is 1.64. The molecule has 7 heteroatoms. The van der Waals surface area contributed by atoms with E-state index in [-0.39, 0.29) is 6.42 Å². The summed E-state index contributed by atoms with van der Waals surface area (Å²) in [5, 5.41) is 39.0. The van der Waals surface area contributed by atoms with Gasteiger partial charge < -0.3 is 25.2 Å². The van der Waals surface area contributed by atoms with Crippen LogP contribution in [-0.2, 0) is 16.0 Å². The van der Waals surface area contributed by atoms with Crippen molar-refractivity contribution >= 4 is 17.7 Å². The van der Waals surface area contributed by atoms with Crippen LogP contribution >= 0.6 is 11.8 Å². The molecule has 0 aromatic heterocycles. The third kappa shape index (κ3) is 4.95. The lowest BCUT2D eigenvalue weighted by molar-refractivity contribution is -0.200. The lowest BCUT2D eigenvalue weighted by Crippen LogP contribution is -2.52. The van der Waals surface area contributed by atoms with E-state index in [4.69, 9.17) is 9.84 Å². The van der Waals surface area contributed by atoms with Crippen LogP contribution in [0.3, 0.4) is 0 Å². The normalized spacial score (nSPS) is 29.6. The van der Waals surface area contributed by atoms with Crippen molar-refractivity contribution in [2.45, 2.75) is 62.5 Å². The lowest BCUT2D eigenvalue weighted by atomic mass is 9.91. The van der Waals surface area contributed by atoms with Gasteiger partial charge in [0.1, 0.15) is 29.9 Å². The maximum atomic E-state index is 10.6. The molecule has 6 nitrogen and oxygen atoms in total. The molecule has 0 spiro atoms. The number of aryl methyl sites for hydroxylation is 2. The molecule has 1 aromatic carbocycles. The number of unbranched alkanes of at least 4 members (excludes halogenated alkanes) is 1. The fourth-order valence-corrected chi connectivity index (χ4v) is 3.72. The van der Waals surface area contributed by atoms with E-state index in [1.807, 2.05) is 25.1 Å². The second kappa shape index (κ2) is 9.00. The second-order valence-electron chi connectivity index (χ2n) is 6.42. The number of thioether (sulfide) groups is 1. The van der Waals surface area contributed by atoms with Crippen LogP contribution in [0.5, 0.6) is 0 Å². The minimum absolute atomic E-state index is 0.155. The molecule has 1 aliphatic heterocycles. The number of aliphatic hydroxyl groups excluding tert-OH is 3. The summed E-state index contributed by atoms with van der Waals surface area (Å²) in [6.45, 7) is 1.98. The quantitative estimate of drug-likeness (QED) is 0.541. The topological polar surface area (TPSA) is 107 Å². The van der Waals surface area contributed by atoms with Crippen LogP contribution in [0.15, 0.2) is 18.2 Å². The zero-order chi connectivity index (χ0) is 18.6. The molecular formula is C18H26O6S. The fraction of sp³-hybridized carbons (Fsp3) is 0.611. The average Bonchev–Trinajstić information content (AvgIpc) is 2.58. The van der Waals surface area contributed by atoms with Crippen LogP contribution in [0.25, 0.3) is 0 Å². The summed E-state index contributed by atoms with van der Waals surface area (Å²) in [5.41, 5.74) is 2.30. The molecular weight excluding hydrogens is 344 g/mol. The first-order valence-corrected chi connectivity index (χ1v) is 9.67. The molecule has 0 saturated carbocycles. The van der Waals surface area contributed by atoms with E-state index in [1.165, 1.54) is 11.8 Å². The number of benzene rings is 1. The Kier molecular flexibility index (Phi) is 7.27. The Labute approximate surface area is 151 Å². The standard InChI is InChI=1S/C18H26O6S/c1-10-7-8-12(9-11(10)5-3-4-6-13(19)20)17-15(22)14(21)16(23)18(24-17)25-2/h7-9,14-18,21-23H,3-6H2,1-2H3,(H,19,20)/t14-,15-,16+,17+,18-/m1/s1. The highest BCUT2D eigenvalue weighted by atomic mass is 32.2. The summed E-state index contributed by atoms with van der Waals surface area (Å²) in [6.07, 6.45) is -0.275. The molecule has 0 aliphatic carbocycles. The van der Waals surface area contributed by atoms with Gasteiger partial charge in [-0.1, -0.05) is 18.2 Å². The Morgan fingerprint density at radius 1 is 1.16 bits per heavy atom. The third-order valence-corrected chi connectivity index (χ3v) is 5.44. The van der Waals surface area contributed by atoms with Crippen LogP contribution in [0.1, 0.15) is 42.1 Å². The maximum absolute atomic E-state index is 10.6. The summed E-state index contributed by atoms with van der Waals surface area (Å²) < 4.78 is 5.79. The molecule has 0 radical (unpaired) electrons. The molecule has 1 aromatic rings. The summed E-state index contributed by atoms with van der Waals surface area (Å²) >= 11 is 1.29. The fourth-order valence-electron chi connectivity index (χ4n) is 3.05. The molecule has 2 rings (SSSR count). The molecule has 0 amide bonds. The Morgan fingerprint density at radius 2 is 1.88 bits per heavy atom. The summed E-state index contributed by atoms with van der Waals surface area (Å²) in [6, 6.07) is 5.72. The summed E-state index contributed by atoms with van der Waals surface area (Å²) in [4.78, 5) is 10.6. The number of carboxylic acids is 1. The number of rotatable bonds is 7. The van der Waals surface area contributed by atoms with E-state index >= 15 is 0 Å². The number of hydrogen-bond acceptors (Lipinski definition) is 6. The molecule has 5 atom stereocenters. The van der Waals surface area contributed by atoms with Crippen molar-refractivity contribution in [2.24, 2.45) is 0 Å². The van der Waals surface area contributed by atoms with Gasteiger partial charge in [0.05, 0.1) is 0 Å². The van der Waals surface area contributed by atoms with E-state index in [9.17, 15) is 20.1 Å². The summed E-state index contributed by atoms with van der Waals surface area (Å²) in [7, 11) is 0. The van der Waals surface area contributed by atoms with Crippen molar-refractivity contribution in [3.05, 3.63) is 34.9 Å². The Morgan fingerprint density at radius 3 is 2.52 bits per heavy atom.